The number of benzene rings is 1. The molecule has 0 aromatic heterocycles. The molecule has 3 aliphatic rings. The van der Waals surface area contributed by atoms with Crippen molar-refractivity contribution in [2.45, 2.75) is 82.5 Å². The number of nitrogens with one attached hydrogen (secondary N) is 1. The monoisotopic (exact) mass is 342 g/mol. The van der Waals surface area contributed by atoms with Crippen LogP contribution in [0.15, 0.2) is 24.3 Å². The van der Waals surface area contributed by atoms with Crippen LogP contribution in [0.25, 0.3) is 0 Å². The predicted octanol–water partition coefficient (Wildman–Crippen LogP) is 3.80. The van der Waals surface area contributed by atoms with Gasteiger partial charge in [-0.15, -0.1) is 0 Å². The molecule has 2 N–H and O–H groups in total. The fraction of sp³-hybridized carbons (Fsp3) is 0.727. The molecule has 0 bridgehead atoms. The standard InChI is InChI=1S/C22H34N2O/c1-16-6-2-3-7-19(16)22(17-10-11-17)23-18-12-14-24(15-13-18)20-8-4-5-9-21(20)25/h2-3,6-7,17-18,20-23,25H,4-5,8-15H2,1H3. The molecule has 4 rings (SSSR count). The predicted molar refractivity (Wildman–Crippen MR) is 103 cm³/mol. The Balaban J connectivity index is 1.35. The summed E-state index contributed by atoms with van der Waals surface area (Å²) in [5.74, 6) is 0.833. The van der Waals surface area contributed by atoms with E-state index in [1.807, 2.05) is 0 Å². The molecule has 3 heteroatoms. The molecule has 0 spiro atoms. The van der Waals surface area contributed by atoms with Gasteiger partial charge < -0.3 is 10.4 Å². The Morgan fingerprint density at radius 1 is 1.00 bits per heavy atom. The number of hydrogen-bond donors (Lipinski definition) is 2. The van der Waals surface area contributed by atoms with Gasteiger partial charge in [0.15, 0.2) is 0 Å². The summed E-state index contributed by atoms with van der Waals surface area (Å²) < 4.78 is 0. The number of rotatable bonds is 5. The Morgan fingerprint density at radius 2 is 1.72 bits per heavy atom. The number of aliphatic hydroxyl groups excluding tert-OH is 1. The zero-order chi connectivity index (χ0) is 17.2. The van der Waals surface area contributed by atoms with Crippen molar-refractivity contribution >= 4 is 0 Å². The number of likely N-dealkylation sites (tertiary alicyclic amines) is 1. The van der Waals surface area contributed by atoms with Crippen molar-refractivity contribution in [2.24, 2.45) is 5.92 Å². The Labute approximate surface area is 152 Å². The van der Waals surface area contributed by atoms with Gasteiger partial charge in [-0.3, -0.25) is 4.90 Å². The van der Waals surface area contributed by atoms with Crippen molar-refractivity contribution in [1.29, 1.82) is 0 Å². The van der Waals surface area contributed by atoms with Crippen molar-refractivity contribution in [1.82, 2.24) is 10.2 Å². The van der Waals surface area contributed by atoms with Gasteiger partial charge in [-0.25, -0.2) is 0 Å². The molecular formula is C22H34N2O. The summed E-state index contributed by atoms with van der Waals surface area (Å²) in [6.07, 6.45) is 9.78. The third kappa shape index (κ3) is 4.10. The molecule has 25 heavy (non-hydrogen) atoms. The normalized spacial score (nSPS) is 30.3. The highest BCUT2D eigenvalue weighted by Crippen LogP contribution is 2.42. The van der Waals surface area contributed by atoms with E-state index in [0.29, 0.717) is 18.1 Å². The summed E-state index contributed by atoms with van der Waals surface area (Å²) in [4.78, 5) is 2.57. The highest BCUT2D eigenvalue weighted by atomic mass is 16.3. The molecule has 1 aliphatic heterocycles. The maximum Gasteiger partial charge on any atom is 0.0695 e. The van der Waals surface area contributed by atoms with Crippen molar-refractivity contribution in [3.63, 3.8) is 0 Å². The highest BCUT2D eigenvalue weighted by Gasteiger charge is 2.36. The highest BCUT2D eigenvalue weighted by molar-refractivity contribution is 5.30. The average Bonchev–Trinajstić information content (AvgIpc) is 3.47. The van der Waals surface area contributed by atoms with E-state index in [4.69, 9.17) is 0 Å². The number of aliphatic hydroxyl groups is 1. The van der Waals surface area contributed by atoms with Crippen LogP contribution < -0.4 is 5.32 Å². The lowest BCUT2D eigenvalue weighted by Crippen LogP contribution is -2.52. The minimum absolute atomic E-state index is 0.0931. The third-order valence-corrected chi connectivity index (χ3v) is 6.72. The van der Waals surface area contributed by atoms with Crippen molar-refractivity contribution in [2.75, 3.05) is 13.1 Å². The van der Waals surface area contributed by atoms with Crippen LogP contribution in [0.1, 0.15) is 68.5 Å². The summed E-state index contributed by atoms with van der Waals surface area (Å²) in [7, 11) is 0. The smallest absolute Gasteiger partial charge is 0.0695 e. The first-order valence-corrected chi connectivity index (χ1v) is 10.5. The van der Waals surface area contributed by atoms with Crippen LogP contribution in [-0.4, -0.2) is 41.3 Å². The number of aryl methyl sites for hydroxylation is 1. The molecule has 1 aromatic rings. The Bertz CT molecular complexity index is 563. The molecule has 0 radical (unpaired) electrons. The van der Waals surface area contributed by atoms with Gasteiger partial charge in [0.05, 0.1) is 6.10 Å². The average molecular weight is 343 g/mol. The molecule has 1 aromatic carbocycles. The summed E-state index contributed by atoms with van der Waals surface area (Å²) in [5.41, 5.74) is 2.93. The van der Waals surface area contributed by atoms with Crippen LogP contribution in [0, 0.1) is 12.8 Å². The zero-order valence-electron chi connectivity index (χ0n) is 15.7. The lowest BCUT2D eigenvalue weighted by atomic mass is 9.89. The van der Waals surface area contributed by atoms with Gasteiger partial charge in [-0.2, -0.15) is 0 Å². The van der Waals surface area contributed by atoms with Gasteiger partial charge in [0.1, 0.15) is 0 Å². The number of hydrogen-bond acceptors (Lipinski definition) is 3. The maximum atomic E-state index is 10.3. The SMILES string of the molecule is Cc1ccccc1C(NC1CCN(C2CCCCC2O)CC1)C1CC1. The topological polar surface area (TPSA) is 35.5 Å². The Kier molecular flexibility index (Phi) is 5.44. The molecule has 3 nitrogen and oxygen atoms in total. The van der Waals surface area contributed by atoms with Crippen LogP contribution >= 0.6 is 0 Å². The molecule has 2 aliphatic carbocycles. The quantitative estimate of drug-likeness (QED) is 0.854. The zero-order valence-corrected chi connectivity index (χ0v) is 15.7. The van der Waals surface area contributed by atoms with Crippen LogP contribution in [0.4, 0.5) is 0 Å². The van der Waals surface area contributed by atoms with Gasteiger partial charge in [-0.1, -0.05) is 37.1 Å². The molecule has 2 saturated carbocycles. The van der Waals surface area contributed by atoms with E-state index in [1.165, 1.54) is 56.1 Å². The van der Waals surface area contributed by atoms with E-state index in [9.17, 15) is 5.11 Å². The van der Waals surface area contributed by atoms with Crippen LogP contribution in [0.5, 0.6) is 0 Å². The minimum Gasteiger partial charge on any atom is -0.391 e. The lowest BCUT2D eigenvalue weighted by molar-refractivity contribution is 0.00644. The Morgan fingerprint density at radius 3 is 2.40 bits per heavy atom. The maximum absolute atomic E-state index is 10.3. The summed E-state index contributed by atoms with van der Waals surface area (Å²) in [6, 6.07) is 10.5. The second-order valence-electron chi connectivity index (χ2n) is 8.57. The van der Waals surface area contributed by atoms with Gasteiger partial charge in [0.25, 0.3) is 0 Å². The van der Waals surface area contributed by atoms with Crippen LogP contribution in [-0.2, 0) is 0 Å². The molecule has 3 atom stereocenters. The second-order valence-corrected chi connectivity index (χ2v) is 8.57. The molecule has 1 heterocycles. The summed E-state index contributed by atoms with van der Waals surface area (Å²) in [5, 5.41) is 14.4. The van der Waals surface area contributed by atoms with E-state index >= 15 is 0 Å². The largest absolute Gasteiger partial charge is 0.391 e. The Hall–Kier alpha value is -0.900. The molecule has 138 valence electrons. The lowest BCUT2D eigenvalue weighted by Gasteiger charge is -2.42. The van der Waals surface area contributed by atoms with E-state index in [-0.39, 0.29) is 6.10 Å². The van der Waals surface area contributed by atoms with Gasteiger partial charge in [0.2, 0.25) is 0 Å². The summed E-state index contributed by atoms with van der Waals surface area (Å²) >= 11 is 0. The number of piperidine rings is 1. The fourth-order valence-corrected chi connectivity index (χ4v) is 5.01. The molecule has 3 fully saturated rings. The number of nitrogens with zero attached hydrogens (tertiary/aromatic N) is 1. The van der Waals surface area contributed by atoms with Crippen LogP contribution in [0.3, 0.4) is 0 Å². The van der Waals surface area contributed by atoms with Crippen molar-refractivity contribution < 1.29 is 5.11 Å². The van der Waals surface area contributed by atoms with Gasteiger partial charge in [-0.05, 0) is 62.5 Å². The first-order valence-electron chi connectivity index (χ1n) is 10.5. The second kappa shape index (κ2) is 7.77. The van der Waals surface area contributed by atoms with Crippen molar-refractivity contribution in [3.05, 3.63) is 35.4 Å². The van der Waals surface area contributed by atoms with Crippen LogP contribution in [0.2, 0.25) is 0 Å². The molecule has 1 saturated heterocycles. The first kappa shape index (κ1) is 17.5. The van der Waals surface area contributed by atoms with Gasteiger partial charge in [0, 0.05) is 31.2 Å². The molecule has 3 unspecified atom stereocenters. The van der Waals surface area contributed by atoms with Crippen molar-refractivity contribution in [3.8, 4) is 0 Å². The molecular weight excluding hydrogens is 308 g/mol. The van der Waals surface area contributed by atoms with E-state index in [1.54, 1.807) is 0 Å². The van der Waals surface area contributed by atoms with E-state index in [0.717, 1.165) is 25.4 Å². The minimum atomic E-state index is -0.0931. The third-order valence-electron chi connectivity index (χ3n) is 6.72. The summed E-state index contributed by atoms with van der Waals surface area (Å²) in [6.45, 7) is 4.54. The molecule has 0 amide bonds. The first-order chi connectivity index (χ1) is 12.2. The van der Waals surface area contributed by atoms with Gasteiger partial charge >= 0.3 is 0 Å². The van der Waals surface area contributed by atoms with E-state index in [2.05, 4.69) is 41.4 Å². The van der Waals surface area contributed by atoms with E-state index < -0.39 is 0 Å². The fourth-order valence-electron chi connectivity index (χ4n) is 5.01.